The molecule has 0 spiro atoms. The third-order valence-electron chi connectivity index (χ3n) is 3.47. The van der Waals surface area contributed by atoms with Gasteiger partial charge in [0.15, 0.2) is 11.5 Å². The van der Waals surface area contributed by atoms with Crippen molar-refractivity contribution in [3.8, 4) is 11.5 Å². The summed E-state index contributed by atoms with van der Waals surface area (Å²) < 4.78 is 37.0. The van der Waals surface area contributed by atoms with E-state index in [0.717, 1.165) is 12.1 Å². The first kappa shape index (κ1) is 18.0. The molecule has 1 N–H and O–H groups in total. The van der Waals surface area contributed by atoms with Crippen molar-refractivity contribution in [2.24, 2.45) is 0 Å². The summed E-state index contributed by atoms with van der Waals surface area (Å²) in [5.74, 6) is -1.27. The van der Waals surface area contributed by atoms with Crippen LogP contribution in [0.1, 0.15) is 28.9 Å². The Kier molecular flexibility index (Phi) is 5.62. The maximum Gasteiger partial charge on any atom is 0.251 e. The molecule has 0 aliphatic heterocycles. The fraction of sp³-hybridized carbons (Fsp3) is 0.235. The van der Waals surface area contributed by atoms with E-state index in [0.29, 0.717) is 11.5 Å². The second kappa shape index (κ2) is 7.49. The molecule has 0 aromatic heterocycles. The molecule has 2 rings (SSSR count). The molecule has 0 fully saturated rings. The molecule has 0 saturated carbocycles. The van der Waals surface area contributed by atoms with Crippen molar-refractivity contribution in [2.45, 2.75) is 13.0 Å². The number of halogens is 3. The van der Waals surface area contributed by atoms with Crippen LogP contribution in [0.3, 0.4) is 0 Å². The zero-order chi connectivity index (χ0) is 17.9. The lowest BCUT2D eigenvalue weighted by molar-refractivity contribution is 0.0939. The van der Waals surface area contributed by atoms with Gasteiger partial charge < -0.3 is 14.8 Å². The summed E-state index contributed by atoms with van der Waals surface area (Å²) in [6, 6.07) is 5.42. The first-order valence-corrected chi connectivity index (χ1v) is 7.42. The first-order valence-electron chi connectivity index (χ1n) is 7.04. The van der Waals surface area contributed by atoms with Crippen molar-refractivity contribution in [1.82, 2.24) is 5.32 Å². The molecule has 24 heavy (non-hydrogen) atoms. The van der Waals surface area contributed by atoms with Crippen LogP contribution in [-0.4, -0.2) is 20.1 Å². The first-order chi connectivity index (χ1) is 11.4. The van der Waals surface area contributed by atoms with Crippen molar-refractivity contribution in [2.75, 3.05) is 14.2 Å². The normalized spacial score (nSPS) is 11.8. The molecule has 4 nitrogen and oxygen atoms in total. The zero-order valence-electron chi connectivity index (χ0n) is 13.3. The Hall–Kier alpha value is -2.34. The fourth-order valence-electron chi connectivity index (χ4n) is 2.26. The molecule has 7 heteroatoms. The molecule has 0 aliphatic rings. The predicted molar refractivity (Wildman–Crippen MR) is 86.8 cm³/mol. The minimum Gasteiger partial charge on any atom is -0.493 e. The average molecular weight is 356 g/mol. The molecule has 0 unspecified atom stereocenters. The predicted octanol–water partition coefficient (Wildman–Crippen LogP) is 4.13. The Morgan fingerprint density at radius 2 is 1.88 bits per heavy atom. The van der Waals surface area contributed by atoms with Crippen LogP contribution in [0.2, 0.25) is 5.02 Å². The number of ether oxygens (including phenoxy) is 2. The standard InChI is InChI=1S/C17H16ClF2NO3/c1-9(12-5-4-11(19)8-14(12)20)21-17(22)10-6-13(18)16(24-3)15(7-10)23-2/h4-9H,1-3H3,(H,21,22)/t9-/m1/s1. The lowest BCUT2D eigenvalue weighted by atomic mass is 10.1. The van der Waals surface area contributed by atoms with E-state index >= 15 is 0 Å². The van der Waals surface area contributed by atoms with Crippen molar-refractivity contribution in [3.63, 3.8) is 0 Å². The van der Waals surface area contributed by atoms with Gasteiger partial charge in [-0.2, -0.15) is 0 Å². The minimum absolute atomic E-state index is 0.177. The Labute approximate surface area is 143 Å². The van der Waals surface area contributed by atoms with Crippen molar-refractivity contribution >= 4 is 17.5 Å². The Morgan fingerprint density at radius 3 is 2.46 bits per heavy atom. The van der Waals surface area contributed by atoms with Gasteiger partial charge >= 0.3 is 0 Å². The van der Waals surface area contributed by atoms with Crippen molar-refractivity contribution in [1.29, 1.82) is 0 Å². The monoisotopic (exact) mass is 355 g/mol. The van der Waals surface area contributed by atoms with Crippen LogP contribution < -0.4 is 14.8 Å². The molecule has 1 amide bonds. The Balaban J connectivity index is 2.24. The quantitative estimate of drug-likeness (QED) is 0.877. The Bertz CT molecular complexity index is 768. The van der Waals surface area contributed by atoms with Crippen LogP contribution in [0.25, 0.3) is 0 Å². The third kappa shape index (κ3) is 3.76. The van der Waals surface area contributed by atoms with Crippen molar-refractivity contribution < 1.29 is 23.0 Å². The van der Waals surface area contributed by atoms with Gasteiger partial charge in [0.1, 0.15) is 11.6 Å². The summed E-state index contributed by atoms with van der Waals surface area (Å²) in [7, 11) is 2.86. The molecule has 0 radical (unpaired) electrons. The van der Waals surface area contributed by atoms with Gasteiger partial charge in [-0.3, -0.25) is 4.79 Å². The highest BCUT2D eigenvalue weighted by atomic mass is 35.5. The van der Waals surface area contributed by atoms with Crippen LogP contribution in [0, 0.1) is 11.6 Å². The second-order valence-electron chi connectivity index (χ2n) is 5.05. The maximum absolute atomic E-state index is 13.8. The minimum atomic E-state index is -0.729. The van der Waals surface area contributed by atoms with Gasteiger partial charge in [0.2, 0.25) is 0 Å². The molecule has 1 atom stereocenters. The molecule has 2 aromatic rings. The largest absolute Gasteiger partial charge is 0.493 e. The van der Waals surface area contributed by atoms with E-state index in [1.807, 2.05) is 0 Å². The highest BCUT2D eigenvalue weighted by Gasteiger charge is 2.18. The third-order valence-corrected chi connectivity index (χ3v) is 3.75. The second-order valence-corrected chi connectivity index (χ2v) is 5.46. The molecular weight excluding hydrogens is 340 g/mol. The number of methoxy groups -OCH3 is 2. The van der Waals surface area contributed by atoms with E-state index in [1.54, 1.807) is 6.92 Å². The number of carbonyl (C=O) groups is 1. The highest BCUT2D eigenvalue weighted by molar-refractivity contribution is 6.32. The summed E-state index contributed by atoms with van der Waals surface area (Å²) in [4.78, 5) is 12.4. The van der Waals surface area contributed by atoms with E-state index < -0.39 is 23.6 Å². The van der Waals surface area contributed by atoms with E-state index in [-0.39, 0.29) is 16.1 Å². The number of rotatable bonds is 5. The Morgan fingerprint density at radius 1 is 1.17 bits per heavy atom. The topological polar surface area (TPSA) is 47.6 Å². The van der Waals surface area contributed by atoms with Crippen LogP contribution in [0.4, 0.5) is 8.78 Å². The van der Waals surface area contributed by atoms with Gasteiger partial charge in [0.25, 0.3) is 5.91 Å². The molecule has 128 valence electrons. The molecule has 0 bridgehead atoms. The van der Waals surface area contributed by atoms with Crippen LogP contribution in [-0.2, 0) is 0 Å². The van der Waals surface area contributed by atoms with E-state index in [1.165, 1.54) is 32.4 Å². The summed E-state index contributed by atoms with van der Waals surface area (Å²) >= 11 is 6.07. The van der Waals surface area contributed by atoms with Gasteiger partial charge in [0, 0.05) is 17.2 Å². The molecule has 0 saturated heterocycles. The van der Waals surface area contributed by atoms with Gasteiger partial charge in [-0.25, -0.2) is 8.78 Å². The number of nitrogens with one attached hydrogen (secondary N) is 1. The molecule has 0 aliphatic carbocycles. The van der Waals surface area contributed by atoms with Gasteiger partial charge in [-0.1, -0.05) is 17.7 Å². The van der Waals surface area contributed by atoms with Gasteiger partial charge in [-0.15, -0.1) is 0 Å². The SMILES string of the molecule is COc1cc(C(=O)N[C@H](C)c2ccc(F)cc2F)cc(Cl)c1OC. The number of amides is 1. The lowest BCUT2D eigenvalue weighted by Crippen LogP contribution is -2.27. The summed E-state index contributed by atoms with van der Waals surface area (Å²) in [5.41, 5.74) is 0.406. The fourth-order valence-corrected chi connectivity index (χ4v) is 2.55. The lowest BCUT2D eigenvalue weighted by Gasteiger charge is -2.16. The van der Waals surface area contributed by atoms with E-state index in [9.17, 15) is 13.6 Å². The average Bonchev–Trinajstić information content (AvgIpc) is 2.53. The number of hydrogen-bond acceptors (Lipinski definition) is 3. The maximum atomic E-state index is 13.8. The van der Waals surface area contributed by atoms with E-state index in [4.69, 9.17) is 21.1 Å². The molecular formula is C17H16ClF2NO3. The number of hydrogen-bond donors (Lipinski definition) is 1. The van der Waals surface area contributed by atoms with Crippen molar-refractivity contribution in [3.05, 3.63) is 58.1 Å². The van der Waals surface area contributed by atoms with Crippen LogP contribution in [0.5, 0.6) is 11.5 Å². The summed E-state index contributed by atoms with van der Waals surface area (Å²) in [6.45, 7) is 1.59. The highest BCUT2D eigenvalue weighted by Crippen LogP contribution is 2.36. The smallest absolute Gasteiger partial charge is 0.251 e. The zero-order valence-corrected chi connectivity index (χ0v) is 14.1. The summed E-state index contributed by atoms with van der Waals surface area (Å²) in [5, 5.41) is 2.84. The van der Waals surface area contributed by atoms with E-state index in [2.05, 4.69) is 5.32 Å². The molecule has 0 heterocycles. The summed E-state index contributed by atoms with van der Waals surface area (Å²) in [6.07, 6.45) is 0. The number of benzene rings is 2. The number of carbonyl (C=O) groups excluding carboxylic acids is 1. The van der Waals surface area contributed by atoms with Crippen LogP contribution in [0.15, 0.2) is 30.3 Å². The van der Waals surface area contributed by atoms with Gasteiger partial charge in [-0.05, 0) is 25.1 Å². The molecule has 2 aromatic carbocycles. The van der Waals surface area contributed by atoms with Gasteiger partial charge in [0.05, 0.1) is 25.3 Å². The van der Waals surface area contributed by atoms with Crippen LogP contribution >= 0.6 is 11.6 Å².